The van der Waals surface area contributed by atoms with Crippen molar-refractivity contribution in [3.05, 3.63) is 30.1 Å². The van der Waals surface area contributed by atoms with E-state index >= 15 is 0 Å². The number of nitrogens with two attached hydrogens (primary N) is 1. The van der Waals surface area contributed by atoms with E-state index in [1.807, 2.05) is 0 Å². The lowest BCUT2D eigenvalue weighted by atomic mass is 9.97. The summed E-state index contributed by atoms with van der Waals surface area (Å²) in [7, 11) is 0. The first-order valence-electron chi connectivity index (χ1n) is 8.29. The maximum atomic E-state index is 13.1. The molecule has 1 aromatic heterocycles. The van der Waals surface area contributed by atoms with Crippen LogP contribution < -0.4 is 5.73 Å². The van der Waals surface area contributed by atoms with Gasteiger partial charge in [0.25, 0.3) is 0 Å². The van der Waals surface area contributed by atoms with Crippen molar-refractivity contribution in [2.45, 2.75) is 24.0 Å². The molecule has 0 radical (unpaired) electrons. The molecule has 0 unspecified atom stereocenters. The van der Waals surface area contributed by atoms with Gasteiger partial charge >= 0.3 is 6.18 Å². The molecule has 0 bridgehead atoms. The van der Waals surface area contributed by atoms with E-state index in [-0.39, 0.29) is 34.7 Å². The monoisotopic (exact) mass is 398 g/mol. The number of alkyl halides is 3. The number of benzene rings is 1. The Morgan fingerprint density at radius 1 is 1.26 bits per heavy atom. The zero-order valence-electron chi connectivity index (χ0n) is 14.2. The molecule has 0 saturated carbocycles. The summed E-state index contributed by atoms with van der Waals surface area (Å²) in [5.74, 6) is -2.41. The predicted molar refractivity (Wildman–Crippen MR) is 93.8 cm³/mol. The van der Waals surface area contributed by atoms with Gasteiger partial charge in [-0.2, -0.15) is 13.2 Å². The Balaban J connectivity index is 1.78. The van der Waals surface area contributed by atoms with E-state index < -0.39 is 17.9 Å². The maximum Gasteiger partial charge on any atom is 0.451 e. The van der Waals surface area contributed by atoms with Crippen molar-refractivity contribution < 1.29 is 22.8 Å². The van der Waals surface area contributed by atoms with Crippen LogP contribution in [0.1, 0.15) is 18.7 Å². The lowest BCUT2D eigenvalue weighted by molar-refractivity contribution is -0.145. The van der Waals surface area contributed by atoms with Gasteiger partial charge in [-0.25, -0.2) is 9.97 Å². The second-order valence-corrected chi connectivity index (χ2v) is 7.20. The molecule has 1 aliphatic rings. The molecule has 1 atom stereocenters. The minimum absolute atomic E-state index is 0.0796. The zero-order valence-corrected chi connectivity index (χ0v) is 15.0. The molecular formula is C17H17F3N4O2S. The highest BCUT2D eigenvalue weighted by molar-refractivity contribution is 8.00. The van der Waals surface area contributed by atoms with Crippen LogP contribution in [0.25, 0.3) is 10.9 Å². The number of para-hydroxylation sites is 1. The van der Waals surface area contributed by atoms with Gasteiger partial charge in [0.15, 0.2) is 0 Å². The number of fused-ring (bicyclic) bond motifs is 1. The van der Waals surface area contributed by atoms with Crippen LogP contribution in [-0.4, -0.2) is 45.5 Å². The quantitative estimate of drug-likeness (QED) is 0.631. The van der Waals surface area contributed by atoms with E-state index in [1.165, 1.54) is 11.0 Å². The Kier molecular flexibility index (Phi) is 5.54. The van der Waals surface area contributed by atoms with Crippen LogP contribution in [0.2, 0.25) is 0 Å². The van der Waals surface area contributed by atoms with Crippen LogP contribution in [0.5, 0.6) is 0 Å². The second kappa shape index (κ2) is 7.71. The number of rotatable bonds is 4. The van der Waals surface area contributed by atoms with Crippen LogP contribution >= 0.6 is 11.8 Å². The van der Waals surface area contributed by atoms with Gasteiger partial charge < -0.3 is 10.6 Å². The van der Waals surface area contributed by atoms with Gasteiger partial charge in [0.05, 0.1) is 17.2 Å². The SMILES string of the molecule is NC(=O)[C@H]1CCCN(C(=O)CSc2nc(C(F)(F)F)nc3ccccc23)C1. The molecule has 10 heteroatoms. The van der Waals surface area contributed by atoms with Crippen LogP contribution in [0.3, 0.4) is 0 Å². The summed E-state index contributed by atoms with van der Waals surface area (Å²) in [5.41, 5.74) is 5.48. The summed E-state index contributed by atoms with van der Waals surface area (Å²) in [6.45, 7) is 0.745. The van der Waals surface area contributed by atoms with Gasteiger partial charge in [0.2, 0.25) is 17.6 Å². The first-order chi connectivity index (χ1) is 12.8. The molecule has 1 fully saturated rings. The average molecular weight is 398 g/mol. The summed E-state index contributed by atoms with van der Waals surface area (Å²) < 4.78 is 39.2. The Morgan fingerprint density at radius 3 is 2.70 bits per heavy atom. The number of carbonyl (C=O) groups excluding carboxylic acids is 2. The number of carbonyl (C=O) groups is 2. The number of piperidine rings is 1. The molecule has 27 heavy (non-hydrogen) atoms. The standard InChI is InChI=1S/C17H17F3N4O2S/c18-17(19,20)16-22-12-6-2-1-5-11(12)15(23-16)27-9-13(25)24-7-3-4-10(8-24)14(21)26/h1-2,5-6,10H,3-4,7-9H2,(H2,21,26)/t10-/m0/s1. The van der Waals surface area contributed by atoms with Crippen molar-refractivity contribution in [3.63, 3.8) is 0 Å². The van der Waals surface area contributed by atoms with E-state index in [0.717, 1.165) is 11.8 Å². The van der Waals surface area contributed by atoms with Gasteiger partial charge in [-0.15, -0.1) is 0 Å². The number of aromatic nitrogens is 2. The molecule has 1 saturated heterocycles. The predicted octanol–water partition coefficient (Wildman–Crippen LogP) is 2.46. The second-order valence-electron chi connectivity index (χ2n) is 6.24. The highest BCUT2D eigenvalue weighted by Gasteiger charge is 2.35. The summed E-state index contributed by atoms with van der Waals surface area (Å²) in [5, 5.41) is 0.557. The van der Waals surface area contributed by atoms with Gasteiger partial charge in [0, 0.05) is 18.5 Å². The van der Waals surface area contributed by atoms with Gasteiger partial charge in [-0.3, -0.25) is 9.59 Å². The van der Waals surface area contributed by atoms with Gasteiger partial charge in [-0.05, 0) is 18.9 Å². The molecule has 2 aromatic rings. The third-order valence-corrected chi connectivity index (χ3v) is 5.31. The fraction of sp³-hybridized carbons (Fsp3) is 0.412. The number of halogens is 3. The first kappa shape index (κ1) is 19.4. The number of hydrogen-bond acceptors (Lipinski definition) is 5. The number of thioether (sulfide) groups is 1. The first-order valence-corrected chi connectivity index (χ1v) is 9.28. The summed E-state index contributed by atoms with van der Waals surface area (Å²) in [4.78, 5) is 32.5. The lowest BCUT2D eigenvalue weighted by Crippen LogP contribution is -2.44. The minimum Gasteiger partial charge on any atom is -0.369 e. The molecule has 2 heterocycles. The van der Waals surface area contributed by atoms with Crippen molar-refractivity contribution in [2.75, 3.05) is 18.8 Å². The maximum absolute atomic E-state index is 13.1. The Hall–Kier alpha value is -2.36. The van der Waals surface area contributed by atoms with Crippen molar-refractivity contribution in [2.24, 2.45) is 11.7 Å². The lowest BCUT2D eigenvalue weighted by Gasteiger charge is -2.31. The fourth-order valence-electron chi connectivity index (χ4n) is 2.94. The molecule has 1 aliphatic heterocycles. The highest BCUT2D eigenvalue weighted by atomic mass is 32.2. The van der Waals surface area contributed by atoms with Crippen LogP contribution in [0, 0.1) is 5.92 Å². The van der Waals surface area contributed by atoms with Crippen LogP contribution in [0.15, 0.2) is 29.3 Å². The molecule has 1 aromatic carbocycles. The Bertz CT molecular complexity index is 875. The minimum atomic E-state index is -4.68. The topological polar surface area (TPSA) is 89.2 Å². The zero-order chi connectivity index (χ0) is 19.6. The van der Waals surface area contributed by atoms with Crippen molar-refractivity contribution >= 4 is 34.5 Å². The molecule has 0 aliphatic carbocycles. The Morgan fingerprint density at radius 2 is 2.00 bits per heavy atom. The smallest absolute Gasteiger partial charge is 0.369 e. The molecule has 0 spiro atoms. The molecular weight excluding hydrogens is 381 g/mol. The number of likely N-dealkylation sites (tertiary alicyclic amines) is 1. The molecule has 2 N–H and O–H groups in total. The number of amides is 2. The van der Waals surface area contributed by atoms with Crippen LogP contribution in [-0.2, 0) is 15.8 Å². The molecule has 3 rings (SSSR count). The van der Waals surface area contributed by atoms with Crippen molar-refractivity contribution in [3.8, 4) is 0 Å². The van der Waals surface area contributed by atoms with E-state index in [4.69, 9.17) is 5.73 Å². The summed E-state index contributed by atoms with van der Waals surface area (Å²) in [6, 6.07) is 6.35. The van der Waals surface area contributed by atoms with E-state index in [2.05, 4.69) is 9.97 Å². The molecule has 2 amide bonds. The molecule has 6 nitrogen and oxygen atoms in total. The highest BCUT2D eigenvalue weighted by Crippen LogP contribution is 2.32. The average Bonchev–Trinajstić information content (AvgIpc) is 2.65. The van der Waals surface area contributed by atoms with E-state index in [1.54, 1.807) is 18.2 Å². The number of primary amides is 1. The summed E-state index contributed by atoms with van der Waals surface area (Å²) >= 11 is 0.933. The third-order valence-electron chi connectivity index (χ3n) is 4.33. The summed E-state index contributed by atoms with van der Waals surface area (Å²) in [6.07, 6.45) is -3.37. The van der Waals surface area contributed by atoms with E-state index in [0.29, 0.717) is 24.8 Å². The van der Waals surface area contributed by atoms with E-state index in [9.17, 15) is 22.8 Å². The van der Waals surface area contributed by atoms with Crippen LogP contribution in [0.4, 0.5) is 13.2 Å². The largest absolute Gasteiger partial charge is 0.451 e. The fourth-order valence-corrected chi connectivity index (χ4v) is 3.86. The normalized spacial score (nSPS) is 17.9. The molecule has 144 valence electrons. The Labute approximate surface area is 157 Å². The van der Waals surface area contributed by atoms with Crippen molar-refractivity contribution in [1.29, 1.82) is 0 Å². The van der Waals surface area contributed by atoms with Gasteiger partial charge in [0.1, 0.15) is 5.03 Å². The van der Waals surface area contributed by atoms with Gasteiger partial charge in [-0.1, -0.05) is 30.0 Å². The van der Waals surface area contributed by atoms with Crippen molar-refractivity contribution in [1.82, 2.24) is 14.9 Å². The third kappa shape index (κ3) is 4.49. The number of hydrogen-bond donors (Lipinski definition) is 1. The number of nitrogens with zero attached hydrogens (tertiary/aromatic N) is 3.